The predicted octanol–water partition coefficient (Wildman–Crippen LogP) is 5.85. The second-order valence-corrected chi connectivity index (χ2v) is 9.69. The Bertz CT molecular complexity index is 1040. The van der Waals surface area contributed by atoms with Crippen molar-refractivity contribution in [3.63, 3.8) is 0 Å². The van der Waals surface area contributed by atoms with Gasteiger partial charge in [-0.25, -0.2) is 0 Å². The lowest BCUT2D eigenvalue weighted by molar-refractivity contribution is -0.115. The molecule has 0 unspecified atom stereocenters. The second kappa shape index (κ2) is 11.4. The minimum absolute atomic E-state index is 0.120. The summed E-state index contributed by atoms with van der Waals surface area (Å²) in [6.45, 7) is 9.31. The Balaban J connectivity index is 1.68. The van der Waals surface area contributed by atoms with Crippen LogP contribution in [0.15, 0.2) is 53.7 Å². The SMILES string of the molecule is CCc1ccc(OCc2nnc(S[C@H](C)C(=O)Nc3cccc(Cl)c3)n2CC(C)C)cc1. The summed E-state index contributed by atoms with van der Waals surface area (Å²) in [5, 5.41) is 12.5. The number of carbonyl (C=O) groups excluding carboxylic acids is 1. The summed E-state index contributed by atoms with van der Waals surface area (Å²) in [4.78, 5) is 12.7. The average Bonchev–Trinajstić information content (AvgIpc) is 3.13. The van der Waals surface area contributed by atoms with Gasteiger partial charge in [-0.15, -0.1) is 10.2 Å². The highest BCUT2D eigenvalue weighted by atomic mass is 35.5. The maximum atomic E-state index is 12.7. The molecule has 0 fully saturated rings. The first kappa shape index (κ1) is 24.1. The molecule has 1 atom stereocenters. The van der Waals surface area contributed by atoms with E-state index in [9.17, 15) is 4.79 Å². The van der Waals surface area contributed by atoms with E-state index in [0.717, 1.165) is 24.5 Å². The molecule has 1 aromatic heterocycles. The van der Waals surface area contributed by atoms with Gasteiger partial charge in [-0.2, -0.15) is 0 Å². The number of nitrogens with one attached hydrogen (secondary N) is 1. The van der Waals surface area contributed by atoms with Crippen molar-refractivity contribution in [1.82, 2.24) is 14.8 Å². The zero-order chi connectivity index (χ0) is 23.1. The number of thioether (sulfide) groups is 1. The maximum Gasteiger partial charge on any atom is 0.237 e. The van der Waals surface area contributed by atoms with Gasteiger partial charge in [-0.05, 0) is 55.2 Å². The summed E-state index contributed by atoms with van der Waals surface area (Å²) < 4.78 is 7.99. The summed E-state index contributed by atoms with van der Waals surface area (Å²) in [7, 11) is 0. The molecule has 0 radical (unpaired) electrons. The van der Waals surface area contributed by atoms with Crippen LogP contribution in [-0.2, 0) is 24.4 Å². The fraction of sp³-hybridized carbons (Fsp3) is 0.375. The summed E-state index contributed by atoms with van der Waals surface area (Å²) >= 11 is 7.39. The zero-order valence-corrected chi connectivity index (χ0v) is 20.4. The van der Waals surface area contributed by atoms with Crippen molar-refractivity contribution in [1.29, 1.82) is 0 Å². The van der Waals surface area contributed by atoms with Crippen LogP contribution in [0.1, 0.15) is 39.1 Å². The van der Waals surface area contributed by atoms with Crippen LogP contribution < -0.4 is 10.1 Å². The summed E-state index contributed by atoms with van der Waals surface area (Å²) in [5.41, 5.74) is 1.94. The van der Waals surface area contributed by atoms with Crippen LogP contribution in [-0.4, -0.2) is 25.9 Å². The van der Waals surface area contributed by atoms with Gasteiger partial charge in [0.05, 0.1) is 5.25 Å². The standard InChI is InChI=1S/C24H29ClN4O2S/c1-5-18-9-11-21(12-10-18)31-15-22-27-28-24(29(22)14-16(2)3)32-17(4)23(30)26-20-8-6-7-19(25)13-20/h6-13,16-17H,5,14-15H2,1-4H3,(H,26,30)/t17-/m1/s1. The molecule has 8 heteroatoms. The summed E-state index contributed by atoms with van der Waals surface area (Å²) in [6, 6.07) is 15.2. The molecule has 6 nitrogen and oxygen atoms in total. The number of anilines is 1. The van der Waals surface area contributed by atoms with Crippen LogP contribution in [0.2, 0.25) is 5.02 Å². The van der Waals surface area contributed by atoms with Crippen molar-refractivity contribution < 1.29 is 9.53 Å². The minimum atomic E-state index is -0.362. The van der Waals surface area contributed by atoms with Crippen LogP contribution in [0.5, 0.6) is 5.75 Å². The van der Waals surface area contributed by atoms with Crippen LogP contribution in [0.4, 0.5) is 5.69 Å². The number of aromatic nitrogens is 3. The number of halogens is 1. The van der Waals surface area contributed by atoms with E-state index in [1.165, 1.54) is 17.3 Å². The largest absolute Gasteiger partial charge is 0.486 e. The number of nitrogens with zero attached hydrogens (tertiary/aromatic N) is 3. The van der Waals surface area contributed by atoms with Crippen molar-refractivity contribution in [2.75, 3.05) is 5.32 Å². The van der Waals surface area contributed by atoms with E-state index in [1.807, 2.05) is 29.7 Å². The molecule has 32 heavy (non-hydrogen) atoms. The molecule has 3 rings (SSSR count). The molecular formula is C24H29ClN4O2S. The molecule has 0 aliphatic carbocycles. The third-order valence-electron chi connectivity index (χ3n) is 4.78. The van der Waals surface area contributed by atoms with E-state index in [1.54, 1.807) is 18.2 Å². The maximum absolute atomic E-state index is 12.7. The van der Waals surface area contributed by atoms with E-state index in [-0.39, 0.29) is 11.2 Å². The third-order valence-corrected chi connectivity index (χ3v) is 6.10. The predicted molar refractivity (Wildman–Crippen MR) is 130 cm³/mol. The van der Waals surface area contributed by atoms with Crippen LogP contribution in [0.25, 0.3) is 0 Å². The van der Waals surface area contributed by atoms with Crippen LogP contribution in [0.3, 0.4) is 0 Å². The molecular weight excluding hydrogens is 444 g/mol. The first-order valence-electron chi connectivity index (χ1n) is 10.7. The highest BCUT2D eigenvalue weighted by Gasteiger charge is 2.21. The summed E-state index contributed by atoms with van der Waals surface area (Å²) in [5.74, 6) is 1.81. The molecule has 0 spiro atoms. The Labute approximate surface area is 198 Å². The van der Waals surface area contributed by atoms with Crippen molar-refractivity contribution >= 4 is 35.0 Å². The van der Waals surface area contributed by atoms with Gasteiger partial charge < -0.3 is 14.6 Å². The first-order valence-corrected chi connectivity index (χ1v) is 12.0. The van der Waals surface area contributed by atoms with Gasteiger partial charge >= 0.3 is 0 Å². The van der Waals surface area contributed by atoms with E-state index < -0.39 is 0 Å². The highest BCUT2D eigenvalue weighted by Crippen LogP contribution is 2.25. The molecule has 2 aromatic carbocycles. The van der Waals surface area contributed by atoms with Gasteiger partial charge in [0.1, 0.15) is 12.4 Å². The monoisotopic (exact) mass is 472 g/mol. The van der Waals surface area contributed by atoms with Crippen molar-refractivity contribution in [3.05, 3.63) is 64.9 Å². The van der Waals surface area contributed by atoms with Crippen molar-refractivity contribution in [3.8, 4) is 5.75 Å². The molecule has 0 aliphatic rings. The topological polar surface area (TPSA) is 69.0 Å². The number of carbonyl (C=O) groups is 1. The number of rotatable bonds is 10. The highest BCUT2D eigenvalue weighted by molar-refractivity contribution is 8.00. The molecule has 1 heterocycles. The quantitative estimate of drug-likeness (QED) is 0.375. The molecule has 1 amide bonds. The van der Waals surface area contributed by atoms with Gasteiger partial charge in [0.15, 0.2) is 11.0 Å². The van der Waals surface area contributed by atoms with Crippen LogP contribution >= 0.6 is 23.4 Å². The molecule has 0 saturated heterocycles. The Kier molecular flexibility index (Phi) is 8.59. The van der Waals surface area contributed by atoms with Gasteiger partial charge in [0.25, 0.3) is 0 Å². The fourth-order valence-electron chi connectivity index (χ4n) is 3.05. The third kappa shape index (κ3) is 6.74. The fourth-order valence-corrected chi connectivity index (χ4v) is 4.12. The lowest BCUT2D eigenvalue weighted by Gasteiger charge is -2.15. The van der Waals surface area contributed by atoms with E-state index in [0.29, 0.717) is 28.4 Å². The normalized spacial score (nSPS) is 12.1. The van der Waals surface area contributed by atoms with E-state index >= 15 is 0 Å². The Morgan fingerprint density at radius 3 is 2.56 bits per heavy atom. The second-order valence-electron chi connectivity index (χ2n) is 7.95. The van der Waals surface area contributed by atoms with E-state index in [2.05, 4.69) is 48.4 Å². The van der Waals surface area contributed by atoms with Crippen molar-refractivity contribution in [2.45, 2.75) is 57.7 Å². The molecule has 0 bridgehead atoms. The first-order chi connectivity index (χ1) is 15.4. The minimum Gasteiger partial charge on any atom is -0.486 e. The Morgan fingerprint density at radius 1 is 1.16 bits per heavy atom. The van der Waals surface area contributed by atoms with Gasteiger partial charge in [-0.3, -0.25) is 4.79 Å². The van der Waals surface area contributed by atoms with Gasteiger partial charge in [0.2, 0.25) is 5.91 Å². The van der Waals surface area contributed by atoms with Gasteiger partial charge in [-0.1, -0.05) is 62.3 Å². The van der Waals surface area contributed by atoms with Crippen molar-refractivity contribution in [2.24, 2.45) is 5.92 Å². The lowest BCUT2D eigenvalue weighted by atomic mass is 10.2. The van der Waals surface area contributed by atoms with Gasteiger partial charge in [0, 0.05) is 17.3 Å². The smallest absolute Gasteiger partial charge is 0.237 e. The molecule has 3 aromatic rings. The van der Waals surface area contributed by atoms with Crippen LogP contribution in [0, 0.1) is 5.92 Å². The Hall–Kier alpha value is -2.51. The number of ether oxygens (including phenoxy) is 1. The number of hydrogen-bond acceptors (Lipinski definition) is 5. The number of hydrogen-bond donors (Lipinski definition) is 1. The number of amides is 1. The Morgan fingerprint density at radius 2 is 1.91 bits per heavy atom. The molecule has 170 valence electrons. The summed E-state index contributed by atoms with van der Waals surface area (Å²) in [6.07, 6.45) is 0.993. The zero-order valence-electron chi connectivity index (χ0n) is 18.8. The molecule has 0 saturated carbocycles. The molecule has 0 aliphatic heterocycles. The number of benzene rings is 2. The lowest BCUT2D eigenvalue weighted by Crippen LogP contribution is -2.23. The number of aryl methyl sites for hydroxylation is 1. The molecule has 1 N–H and O–H groups in total. The van der Waals surface area contributed by atoms with E-state index in [4.69, 9.17) is 16.3 Å². The average molecular weight is 473 g/mol.